The maximum absolute atomic E-state index is 12.5. The van der Waals surface area contributed by atoms with Crippen LogP contribution in [0.15, 0.2) is 41.3 Å². The number of esters is 1. The number of aliphatic hydroxyl groups is 1. The number of para-hydroxylation sites is 1. The molecule has 7 heteroatoms. The van der Waals surface area contributed by atoms with E-state index in [1.165, 1.54) is 11.5 Å². The van der Waals surface area contributed by atoms with Gasteiger partial charge >= 0.3 is 5.97 Å². The molecular formula is C23H24N2O5. The van der Waals surface area contributed by atoms with Crippen molar-refractivity contribution in [2.75, 3.05) is 13.2 Å². The SMILES string of the molecule is CCOC(=O)c1c(C)[nH]c2c(=O)n(C)cc(C#CC(C)(O)COc3ccccc3)c12. The van der Waals surface area contributed by atoms with Gasteiger partial charge in [-0.1, -0.05) is 30.0 Å². The summed E-state index contributed by atoms with van der Waals surface area (Å²) in [6.45, 7) is 5.12. The van der Waals surface area contributed by atoms with E-state index in [0.717, 1.165) is 0 Å². The zero-order valence-corrected chi connectivity index (χ0v) is 17.4. The molecule has 0 aliphatic rings. The molecule has 156 valence electrons. The number of nitrogens with zero attached hydrogens (tertiary/aromatic N) is 1. The summed E-state index contributed by atoms with van der Waals surface area (Å²) in [4.78, 5) is 28.0. The van der Waals surface area contributed by atoms with Gasteiger partial charge in [0.25, 0.3) is 5.56 Å². The van der Waals surface area contributed by atoms with Gasteiger partial charge in [0, 0.05) is 24.3 Å². The van der Waals surface area contributed by atoms with Gasteiger partial charge in [-0.3, -0.25) is 4.79 Å². The van der Waals surface area contributed by atoms with Gasteiger partial charge in [-0.05, 0) is 32.9 Å². The third-order valence-electron chi connectivity index (χ3n) is 4.52. The number of rotatable bonds is 5. The lowest BCUT2D eigenvalue weighted by Crippen LogP contribution is -2.30. The molecule has 0 saturated heterocycles. The number of aromatic amines is 1. The fourth-order valence-corrected chi connectivity index (χ4v) is 3.08. The smallest absolute Gasteiger partial charge is 0.340 e. The highest BCUT2D eigenvalue weighted by atomic mass is 16.5. The number of pyridine rings is 1. The van der Waals surface area contributed by atoms with E-state index in [9.17, 15) is 14.7 Å². The molecule has 0 aliphatic carbocycles. The van der Waals surface area contributed by atoms with Crippen molar-refractivity contribution in [3.63, 3.8) is 0 Å². The second kappa shape index (κ2) is 8.47. The molecule has 0 amide bonds. The number of hydrogen-bond acceptors (Lipinski definition) is 5. The van der Waals surface area contributed by atoms with Crippen LogP contribution in [0.2, 0.25) is 0 Å². The van der Waals surface area contributed by atoms with Gasteiger partial charge in [0.15, 0.2) is 5.60 Å². The average molecular weight is 408 g/mol. The average Bonchev–Trinajstić information content (AvgIpc) is 3.07. The van der Waals surface area contributed by atoms with E-state index >= 15 is 0 Å². The quantitative estimate of drug-likeness (QED) is 0.500. The van der Waals surface area contributed by atoms with E-state index in [1.807, 2.05) is 18.2 Å². The predicted molar refractivity (Wildman–Crippen MR) is 114 cm³/mol. The number of benzene rings is 1. The summed E-state index contributed by atoms with van der Waals surface area (Å²) in [6.07, 6.45) is 1.54. The van der Waals surface area contributed by atoms with Crippen LogP contribution in [0.1, 0.15) is 35.5 Å². The molecule has 0 bridgehead atoms. The van der Waals surface area contributed by atoms with Gasteiger partial charge in [-0.2, -0.15) is 0 Å². The number of carbonyl (C=O) groups is 1. The van der Waals surface area contributed by atoms with Crippen LogP contribution in [0.3, 0.4) is 0 Å². The lowest BCUT2D eigenvalue weighted by Gasteiger charge is -2.17. The highest BCUT2D eigenvalue weighted by Crippen LogP contribution is 2.24. The minimum atomic E-state index is -1.45. The van der Waals surface area contributed by atoms with Crippen molar-refractivity contribution in [3.05, 3.63) is 63.7 Å². The molecule has 1 atom stereocenters. The number of H-pyrrole nitrogens is 1. The summed E-state index contributed by atoms with van der Waals surface area (Å²) >= 11 is 0. The fourth-order valence-electron chi connectivity index (χ4n) is 3.08. The second-order valence-corrected chi connectivity index (χ2v) is 7.18. The lowest BCUT2D eigenvalue weighted by atomic mass is 10.0. The lowest BCUT2D eigenvalue weighted by molar-refractivity contribution is 0.0527. The summed E-state index contributed by atoms with van der Waals surface area (Å²) in [5.41, 5.74) is -0.243. The molecule has 2 aromatic heterocycles. The third-order valence-corrected chi connectivity index (χ3v) is 4.52. The largest absolute Gasteiger partial charge is 0.490 e. The number of nitrogens with one attached hydrogen (secondary N) is 1. The first-order valence-electron chi connectivity index (χ1n) is 9.56. The van der Waals surface area contributed by atoms with Gasteiger partial charge in [-0.25, -0.2) is 4.79 Å². The zero-order valence-electron chi connectivity index (χ0n) is 17.4. The molecule has 1 aromatic carbocycles. The van der Waals surface area contributed by atoms with E-state index in [4.69, 9.17) is 9.47 Å². The van der Waals surface area contributed by atoms with Crippen LogP contribution in [0.5, 0.6) is 5.75 Å². The van der Waals surface area contributed by atoms with E-state index < -0.39 is 11.6 Å². The molecule has 0 aliphatic heterocycles. The molecule has 1 unspecified atom stereocenters. The minimum Gasteiger partial charge on any atom is -0.490 e. The van der Waals surface area contributed by atoms with E-state index in [2.05, 4.69) is 16.8 Å². The van der Waals surface area contributed by atoms with Crippen LogP contribution in [0.25, 0.3) is 10.9 Å². The third kappa shape index (κ3) is 4.39. The van der Waals surface area contributed by atoms with Crippen LogP contribution < -0.4 is 10.3 Å². The van der Waals surface area contributed by atoms with Crippen molar-refractivity contribution in [2.24, 2.45) is 7.05 Å². The first kappa shape index (κ1) is 21.2. The number of ether oxygens (including phenoxy) is 2. The number of carbonyl (C=O) groups excluding carboxylic acids is 1. The molecule has 0 saturated carbocycles. The Morgan fingerprint density at radius 3 is 2.67 bits per heavy atom. The molecule has 0 radical (unpaired) electrons. The maximum atomic E-state index is 12.5. The maximum Gasteiger partial charge on any atom is 0.340 e. The highest BCUT2D eigenvalue weighted by molar-refractivity contribution is 6.07. The molecule has 2 N–H and O–H groups in total. The van der Waals surface area contributed by atoms with Gasteiger partial charge in [0.2, 0.25) is 0 Å². The molecular weight excluding hydrogens is 384 g/mol. The zero-order chi connectivity index (χ0) is 21.9. The normalized spacial score (nSPS) is 12.7. The molecule has 7 nitrogen and oxygen atoms in total. The number of aromatic nitrogens is 2. The molecule has 3 rings (SSSR count). The van der Waals surface area contributed by atoms with Gasteiger partial charge in [0.05, 0.1) is 17.7 Å². The summed E-state index contributed by atoms with van der Waals surface area (Å²) in [7, 11) is 1.60. The highest BCUT2D eigenvalue weighted by Gasteiger charge is 2.23. The number of hydrogen-bond donors (Lipinski definition) is 2. The Kier molecular flexibility index (Phi) is 5.99. The monoisotopic (exact) mass is 408 g/mol. The Balaban J connectivity index is 2.03. The Morgan fingerprint density at radius 2 is 2.00 bits per heavy atom. The van der Waals surface area contributed by atoms with Crippen LogP contribution in [0.4, 0.5) is 0 Å². The van der Waals surface area contributed by atoms with Crippen molar-refractivity contribution in [2.45, 2.75) is 26.4 Å². The van der Waals surface area contributed by atoms with E-state index in [0.29, 0.717) is 22.4 Å². The topological polar surface area (TPSA) is 93.6 Å². The molecule has 30 heavy (non-hydrogen) atoms. The van der Waals surface area contributed by atoms with Crippen molar-refractivity contribution >= 4 is 16.9 Å². The Labute approximate surface area is 174 Å². The Hall–Kier alpha value is -3.50. The standard InChI is InChI=1S/C23H24N2O5/c1-5-29-22(27)18-15(2)24-20-19(18)16(13-25(4)21(20)26)11-12-23(3,28)14-30-17-9-7-6-8-10-17/h6-10,13,24,28H,5,14H2,1-4H3. The summed E-state index contributed by atoms with van der Waals surface area (Å²) in [5.74, 6) is 5.80. The fraction of sp³-hybridized carbons (Fsp3) is 0.304. The van der Waals surface area contributed by atoms with Crippen LogP contribution >= 0.6 is 0 Å². The van der Waals surface area contributed by atoms with Gasteiger partial charge in [-0.15, -0.1) is 0 Å². The van der Waals surface area contributed by atoms with Crippen molar-refractivity contribution in [1.82, 2.24) is 9.55 Å². The number of aryl methyl sites for hydroxylation is 2. The summed E-state index contributed by atoms with van der Waals surface area (Å²) in [5, 5.41) is 11.0. The van der Waals surface area contributed by atoms with Gasteiger partial charge in [0.1, 0.15) is 17.9 Å². The molecule has 0 spiro atoms. The van der Waals surface area contributed by atoms with Crippen LogP contribution in [-0.2, 0) is 11.8 Å². The summed E-state index contributed by atoms with van der Waals surface area (Å²) < 4.78 is 12.1. The second-order valence-electron chi connectivity index (χ2n) is 7.18. The first-order chi connectivity index (χ1) is 14.2. The predicted octanol–water partition coefficient (Wildman–Crippen LogP) is 2.53. The van der Waals surface area contributed by atoms with Crippen molar-refractivity contribution in [1.29, 1.82) is 0 Å². The number of fused-ring (bicyclic) bond motifs is 1. The summed E-state index contributed by atoms with van der Waals surface area (Å²) in [6, 6.07) is 9.11. The molecule has 3 aromatic rings. The van der Waals surface area contributed by atoms with Gasteiger partial charge < -0.3 is 24.1 Å². The van der Waals surface area contributed by atoms with E-state index in [1.54, 1.807) is 39.2 Å². The van der Waals surface area contributed by atoms with Crippen molar-refractivity contribution < 1.29 is 19.4 Å². The van der Waals surface area contributed by atoms with E-state index in [-0.39, 0.29) is 29.9 Å². The van der Waals surface area contributed by atoms with Crippen LogP contribution in [0, 0.1) is 18.8 Å². The first-order valence-corrected chi connectivity index (χ1v) is 9.56. The van der Waals surface area contributed by atoms with Crippen LogP contribution in [-0.4, -0.2) is 39.4 Å². The Bertz CT molecular complexity index is 1190. The molecule has 0 fully saturated rings. The Morgan fingerprint density at radius 1 is 1.30 bits per heavy atom. The minimum absolute atomic E-state index is 0.0458. The van der Waals surface area contributed by atoms with Crippen molar-refractivity contribution in [3.8, 4) is 17.6 Å². The molecule has 2 heterocycles.